The molecule has 130 valence electrons. The molecule has 1 aliphatic rings. The number of sulfonamides is 2. The Balaban J connectivity index is 2.41. The van der Waals surface area contributed by atoms with Crippen molar-refractivity contribution >= 4 is 31.4 Å². The molecule has 1 saturated carbocycles. The van der Waals surface area contributed by atoms with Crippen molar-refractivity contribution < 1.29 is 21.2 Å². The molecule has 1 aliphatic carbocycles. The van der Waals surface area contributed by atoms with Gasteiger partial charge < -0.3 is 0 Å². The van der Waals surface area contributed by atoms with Gasteiger partial charge in [-0.3, -0.25) is 9.03 Å². The number of unbranched alkanes of at least 4 members (excludes halogenated alkanes) is 1. The van der Waals surface area contributed by atoms with Crippen LogP contribution in [0.2, 0.25) is 0 Å². The highest BCUT2D eigenvalue weighted by Gasteiger charge is 2.36. The maximum atomic E-state index is 13.5. The van der Waals surface area contributed by atoms with Crippen LogP contribution in [0.1, 0.15) is 32.6 Å². The summed E-state index contributed by atoms with van der Waals surface area (Å²) in [5.41, 5.74) is 0.120. The second-order valence-corrected chi connectivity index (χ2v) is 9.43. The van der Waals surface area contributed by atoms with Gasteiger partial charge in [0.05, 0.1) is 23.4 Å². The van der Waals surface area contributed by atoms with Crippen LogP contribution in [0.4, 0.5) is 15.8 Å². The SMILES string of the molecule is CCCCS(=O)(=O)Nc1cc(F)ccc1N(C1CC1)S(C)(=O)=O. The minimum Gasteiger partial charge on any atom is -0.281 e. The van der Waals surface area contributed by atoms with Crippen LogP contribution in [0.3, 0.4) is 0 Å². The zero-order valence-corrected chi connectivity index (χ0v) is 14.8. The molecule has 0 bridgehead atoms. The maximum Gasteiger partial charge on any atom is 0.232 e. The predicted octanol–water partition coefficient (Wildman–Crippen LogP) is 2.30. The summed E-state index contributed by atoms with van der Waals surface area (Å²) in [6.07, 6.45) is 3.63. The van der Waals surface area contributed by atoms with Crippen LogP contribution in [-0.2, 0) is 20.0 Å². The van der Waals surface area contributed by atoms with E-state index in [-0.39, 0.29) is 23.2 Å². The van der Waals surface area contributed by atoms with E-state index in [2.05, 4.69) is 4.72 Å². The van der Waals surface area contributed by atoms with Crippen LogP contribution in [0.15, 0.2) is 18.2 Å². The molecule has 0 amide bonds. The standard InChI is InChI=1S/C14H21FN2O4S2/c1-3-4-9-23(20,21)16-13-10-11(15)5-8-14(13)17(12-6-7-12)22(2,18)19/h5,8,10,12,16H,3-4,6-7,9H2,1-2H3. The second kappa shape index (κ2) is 6.64. The summed E-state index contributed by atoms with van der Waals surface area (Å²) in [5.74, 6) is -0.729. The number of rotatable bonds is 8. The Bertz CT molecular complexity index is 774. The summed E-state index contributed by atoms with van der Waals surface area (Å²) in [6.45, 7) is 1.86. The van der Waals surface area contributed by atoms with E-state index in [1.165, 1.54) is 10.4 Å². The van der Waals surface area contributed by atoms with Gasteiger partial charge in [0.25, 0.3) is 0 Å². The lowest BCUT2D eigenvalue weighted by Crippen LogP contribution is -2.33. The van der Waals surface area contributed by atoms with Crippen LogP contribution >= 0.6 is 0 Å². The molecule has 1 N–H and O–H groups in total. The molecule has 0 aliphatic heterocycles. The predicted molar refractivity (Wildman–Crippen MR) is 89.1 cm³/mol. The normalized spacial score (nSPS) is 15.4. The Morgan fingerprint density at radius 3 is 2.43 bits per heavy atom. The van der Waals surface area contributed by atoms with Gasteiger partial charge in [0.1, 0.15) is 5.82 Å². The van der Waals surface area contributed by atoms with Crippen LogP contribution in [0.25, 0.3) is 0 Å². The number of nitrogens with one attached hydrogen (secondary N) is 1. The Morgan fingerprint density at radius 1 is 1.26 bits per heavy atom. The molecule has 1 aromatic carbocycles. The molecule has 0 heterocycles. The van der Waals surface area contributed by atoms with Gasteiger partial charge in [-0.15, -0.1) is 0 Å². The summed E-state index contributed by atoms with van der Waals surface area (Å²) in [4.78, 5) is 0. The lowest BCUT2D eigenvalue weighted by molar-refractivity contribution is 0.593. The van der Waals surface area contributed by atoms with Crippen molar-refractivity contribution in [3.8, 4) is 0 Å². The maximum absolute atomic E-state index is 13.5. The topological polar surface area (TPSA) is 83.6 Å². The third-order valence-corrected chi connectivity index (χ3v) is 6.03. The minimum atomic E-state index is -3.66. The fourth-order valence-electron chi connectivity index (χ4n) is 2.29. The number of nitrogens with zero attached hydrogens (tertiary/aromatic N) is 1. The average molecular weight is 364 g/mol. The molecule has 6 nitrogen and oxygen atoms in total. The quantitative estimate of drug-likeness (QED) is 0.767. The third kappa shape index (κ3) is 4.81. The fraction of sp³-hybridized carbons (Fsp3) is 0.571. The summed E-state index contributed by atoms with van der Waals surface area (Å²) in [6, 6.07) is 3.24. The molecular formula is C14H21FN2O4S2. The number of benzene rings is 1. The van der Waals surface area contributed by atoms with E-state index < -0.39 is 25.9 Å². The van der Waals surface area contributed by atoms with Gasteiger partial charge in [-0.1, -0.05) is 13.3 Å². The van der Waals surface area contributed by atoms with Crippen molar-refractivity contribution in [3.63, 3.8) is 0 Å². The van der Waals surface area contributed by atoms with Gasteiger partial charge >= 0.3 is 0 Å². The summed E-state index contributed by atoms with van der Waals surface area (Å²) in [5, 5.41) is 0. The molecule has 0 saturated heterocycles. The minimum absolute atomic E-state index is 0.0431. The third-order valence-electron chi connectivity index (χ3n) is 3.46. The summed E-state index contributed by atoms with van der Waals surface area (Å²) < 4.78 is 65.3. The van der Waals surface area contributed by atoms with Crippen molar-refractivity contribution in [2.45, 2.75) is 38.6 Å². The number of hydrogen-bond acceptors (Lipinski definition) is 4. The highest BCUT2D eigenvalue weighted by atomic mass is 32.2. The van der Waals surface area contributed by atoms with Gasteiger partial charge in [-0.25, -0.2) is 21.2 Å². The Hall–Kier alpha value is -1.35. The van der Waals surface area contributed by atoms with Crippen LogP contribution in [0.5, 0.6) is 0 Å². The van der Waals surface area contributed by atoms with E-state index in [1.54, 1.807) is 0 Å². The molecule has 1 aromatic rings. The van der Waals surface area contributed by atoms with Gasteiger partial charge in [0.15, 0.2) is 0 Å². The van der Waals surface area contributed by atoms with Crippen LogP contribution in [-0.4, -0.2) is 34.9 Å². The van der Waals surface area contributed by atoms with Gasteiger partial charge in [0, 0.05) is 12.1 Å². The van der Waals surface area contributed by atoms with E-state index in [9.17, 15) is 21.2 Å². The molecule has 0 radical (unpaired) electrons. The van der Waals surface area contributed by atoms with Gasteiger partial charge in [0.2, 0.25) is 20.0 Å². The molecule has 0 spiro atoms. The van der Waals surface area contributed by atoms with E-state index in [4.69, 9.17) is 0 Å². The fourth-order valence-corrected chi connectivity index (χ4v) is 4.83. The first kappa shape index (κ1) is 18.0. The molecule has 1 fully saturated rings. The number of anilines is 2. The van der Waals surface area contributed by atoms with Crippen LogP contribution < -0.4 is 9.03 Å². The average Bonchev–Trinajstić information content (AvgIpc) is 3.22. The van der Waals surface area contributed by atoms with Crippen molar-refractivity contribution in [2.24, 2.45) is 0 Å². The van der Waals surface area contributed by atoms with Crippen molar-refractivity contribution in [1.29, 1.82) is 0 Å². The lowest BCUT2D eigenvalue weighted by atomic mass is 10.2. The van der Waals surface area contributed by atoms with Crippen molar-refractivity contribution in [2.75, 3.05) is 21.0 Å². The van der Waals surface area contributed by atoms with E-state index in [0.29, 0.717) is 25.7 Å². The largest absolute Gasteiger partial charge is 0.281 e. The molecule has 2 rings (SSSR count). The first-order valence-electron chi connectivity index (χ1n) is 7.43. The smallest absolute Gasteiger partial charge is 0.232 e. The highest BCUT2D eigenvalue weighted by molar-refractivity contribution is 7.93. The zero-order chi connectivity index (χ0) is 17.3. The molecule has 9 heteroatoms. The second-order valence-electron chi connectivity index (χ2n) is 5.73. The first-order chi connectivity index (χ1) is 10.6. The molecular weight excluding hydrogens is 343 g/mol. The molecule has 0 atom stereocenters. The summed E-state index contributed by atoms with van der Waals surface area (Å²) in [7, 11) is -7.25. The summed E-state index contributed by atoms with van der Waals surface area (Å²) >= 11 is 0. The monoisotopic (exact) mass is 364 g/mol. The Kier molecular flexibility index (Phi) is 5.20. The Labute approximate surface area is 136 Å². The number of halogens is 1. The van der Waals surface area contributed by atoms with Crippen LogP contribution in [0, 0.1) is 5.82 Å². The van der Waals surface area contributed by atoms with Crippen molar-refractivity contribution in [3.05, 3.63) is 24.0 Å². The Morgan fingerprint density at radius 2 is 1.91 bits per heavy atom. The molecule has 23 heavy (non-hydrogen) atoms. The first-order valence-corrected chi connectivity index (χ1v) is 10.9. The van der Waals surface area contributed by atoms with E-state index in [0.717, 1.165) is 18.4 Å². The van der Waals surface area contributed by atoms with E-state index >= 15 is 0 Å². The molecule has 0 unspecified atom stereocenters. The van der Waals surface area contributed by atoms with Gasteiger partial charge in [-0.05, 0) is 31.4 Å². The highest BCUT2D eigenvalue weighted by Crippen LogP contribution is 2.38. The van der Waals surface area contributed by atoms with Crippen molar-refractivity contribution in [1.82, 2.24) is 0 Å². The van der Waals surface area contributed by atoms with Gasteiger partial charge in [-0.2, -0.15) is 0 Å². The molecule has 0 aromatic heterocycles. The zero-order valence-electron chi connectivity index (χ0n) is 13.1. The van der Waals surface area contributed by atoms with E-state index in [1.807, 2.05) is 6.92 Å². The number of hydrogen-bond donors (Lipinski definition) is 1. The lowest BCUT2D eigenvalue weighted by Gasteiger charge is -2.25.